The van der Waals surface area contributed by atoms with E-state index in [-0.39, 0.29) is 0 Å². The molecule has 0 aliphatic heterocycles. The van der Waals surface area contributed by atoms with Gasteiger partial charge in [0.05, 0.1) is 0 Å². The van der Waals surface area contributed by atoms with Crippen LogP contribution in [0.25, 0.3) is 0 Å². The molecule has 0 aromatic rings. The Labute approximate surface area is 170 Å². The molecule has 0 N–H and O–H groups in total. The molecule has 0 rings (SSSR count). The van der Waals surface area contributed by atoms with Gasteiger partial charge >= 0.3 is 54.7 Å². The second kappa shape index (κ2) is 8.83. The van der Waals surface area contributed by atoms with Crippen LogP contribution in [-0.4, -0.2) is 61.3 Å². The molecule has 0 saturated heterocycles. The lowest BCUT2D eigenvalue weighted by atomic mass is 10.2. The van der Waals surface area contributed by atoms with Crippen LogP contribution in [0.4, 0.5) is 87.9 Å². The second-order valence-corrected chi connectivity index (χ2v) is 5.44. The van der Waals surface area contributed by atoms with Crippen molar-refractivity contribution >= 4 is 0 Å². The Balaban J connectivity index is 6.50. The Morgan fingerprint density at radius 2 is 0.706 bits per heavy atom. The monoisotopic (exact) mass is 566 g/mol. The maximum Gasteiger partial charge on any atom is 0.458 e. The first-order valence-electron chi connectivity index (χ1n) is 6.86. The van der Waals surface area contributed by atoms with E-state index in [4.69, 9.17) is 0 Å². The predicted molar refractivity (Wildman–Crippen MR) is 55.9 cm³/mol. The van der Waals surface area contributed by atoms with E-state index < -0.39 is 61.3 Å². The molecule has 0 heterocycles. The standard InChI is InChI=1S/C10H2F20O4/c11-2(12,13)1-31-7(22,23)3(14,5(16,17)18)32-9(26,27)10(28,29)33-4(15,6(19,20)21)8(24,25)34-30/h1H2. The summed E-state index contributed by atoms with van der Waals surface area (Å²) < 4.78 is 257. The molecule has 0 spiro atoms. The molecule has 0 aliphatic carbocycles. The van der Waals surface area contributed by atoms with E-state index in [0.29, 0.717) is 0 Å². The van der Waals surface area contributed by atoms with Gasteiger partial charge < -0.3 is 4.74 Å². The molecule has 0 amide bonds. The molecule has 2 atom stereocenters. The maximum absolute atomic E-state index is 13.6. The minimum Gasteiger partial charge on any atom is -0.306 e. The Morgan fingerprint density at radius 3 is 0.941 bits per heavy atom. The molecule has 4 nitrogen and oxygen atoms in total. The molecule has 34 heavy (non-hydrogen) atoms. The van der Waals surface area contributed by atoms with Gasteiger partial charge in [-0.25, -0.2) is 0 Å². The van der Waals surface area contributed by atoms with E-state index in [9.17, 15) is 87.9 Å². The van der Waals surface area contributed by atoms with Crippen molar-refractivity contribution in [1.29, 1.82) is 0 Å². The highest BCUT2D eigenvalue weighted by Gasteiger charge is 2.84. The average molecular weight is 566 g/mol. The third kappa shape index (κ3) is 6.16. The van der Waals surface area contributed by atoms with E-state index >= 15 is 0 Å². The second-order valence-electron chi connectivity index (χ2n) is 5.44. The number of alkyl halides is 19. The van der Waals surface area contributed by atoms with E-state index in [1.807, 2.05) is 4.74 Å². The largest absolute Gasteiger partial charge is 0.458 e. The first-order valence-corrected chi connectivity index (χ1v) is 6.86. The van der Waals surface area contributed by atoms with Gasteiger partial charge in [0.25, 0.3) is 0 Å². The van der Waals surface area contributed by atoms with Crippen molar-refractivity contribution in [3.8, 4) is 0 Å². The van der Waals surface area contributed by atoms with Crippen LogP contribution in [-0.2, 0) is 19.2 Å². The van der Waals surface area contributed by atoms with Gasteiger partial charge in [-0.3, -0.25) is 9.47 Å². The summed E-state index contributed by atoms with van der Waals surface area (Å²) >= 11 is 0. The first-order chi connectivity index (χ1) is 14.4. The van der Waals surface area contributed by atoms with E-state index in [0.717, 1.165) is 4.94 Å². The van der Waals surface area contributed by atoms with Crippen molar-refractivity contribution in [2.24, 2.45) is 0 Å². The Morgan fingerprint density at radius 1 is 0.412 bits per heavy atom. The fourth-order valence-corrected chi connectivity index (χ4v) is 1.35. The summed E-state index contributed by atoms with van der Waals surface area (Å²) in [5.41, 5.74) is 0. The Kier molecular flexibility index (Phi) is 8.42. The van der Waals surface area contributed by atoms with Crippen LogP contribution in [0.1, 0.15) is 0 Å². The van der Waals surface area contributed by atoms with Crippen molar-refractivity contribution in [3.63, 3.8) is 0 Å². The number of halogens is 20. The van der Waals surface area contributed by atoms with Gasteiger partial charge in [-0.05, 0) is 4.53 Å². The van der Waals surface area contributed by atoms with Crippen LogP contribution in [0.2, 0.25) is 0 Å². The minimum absolute atomic E-state index is 0.988. The van der Waals surface area contributed by atoms with Crippen molar-refractivity contribution in [2.75, 3.05) is 6.61 Å². The van der Waals surface area contributed by atoms with Gasteiger partial charge in [-0.15, -0.1) is 4.94 Å². The SMILES string of the molecule is FOC(F)(F)C(F)(OC(F)(F)C(F)(F)OC(F)(C(F)(F)F)C(F)(F)OCC(F)(F)F)C(F)(F)F. The molecule has 0 radical (unpaired) electrons. The smallest absolute Gasteiger partial charge is 0.306 e. The Hall–Kier alpha value is -1.56. The lowest BCUT2D eigenvalue weighted by molar-refractivity contribution is -0.580. The molecular weight excluding hydrogens is 564 g/mol. The first kappa shape index (κ1) is 32.4. The maximum atomic E-state index is 13.6. The minimum atomic E-state index is -8.03. The van der Waals surface area contributed by atoms with Crippen LogP contribution in [0.5, 0.6) is 0 Å². The highest BCUT2D eigenvalue weighted by molar-refractivity contribution is 4.92. The normalized spacial score (nSPS) is 19.1. The Bertz CT molecular complexity index is 695. The molecule has 0 aromatic heterocycles. The fraction of sp³-hybridized carbons (Fsp3) is 1.00. The molecule has 0 aromatic carbocycles. The molecule has 0 bridgehead atoms. The summed E-state index contributed by atoms with van der Waals surface area (Å²) in [6.07, 6.45) is -52.4. The zero-order valence-corrected chi connectivity index (χ0v) is 14.4. The van der Waals surface area contributed by atoms with Crippen LogP contribution >= 0.6 is 0 Å². The van der Waals surface area contributed by atoms with E-state index in [1.165, 1.54) is 9.47 Å². The zero-order chi connectivity index (χ0) is 28.0. The van der Waals surface area contributed by atoms with Crippen molar-refractivity contribution in [3.05, 3.63) is 0 Å². The highest BCUT2D eigenvalue weighted by Crippen LogP contribution is 2.56. The predicted octanol–water partition coefficient (Wildman–Crippen LogP) is 6.33. The molecule has 0 saturated carbocycles. The molecular formula is C10H2F20O4. The fourth-order valence-electron chi connectivity index (χ4n) is 1.35. The van der Waals surface area contributed by atoms with Crippen LogP contribution < -0.4 is 0 Å². The number of hydrogen-bond acceptors (Lipinski definition) is 4. The average Bonchev–Trinajstić information content (AvgIpc) is 2.56. The van der Waals surface area contributed by atoms with Gasteiger partial charge in [-0.1, -0.05) is 0 Å². The third-order valence-electron chi connectivity index (χ3n) is 2.87. The van der Waals surface area contributed by atoms with Crippen LogP contribution in [0.15, 0.2) is 0 Å². The topological polar surface area (TPSA) is 36.9 Å². The molecule has 0 fully saturated rings. The summed E-state index contributed by atoms with van der Waals surface area (Å²) in [5, 5.41) is 0. The van der Waals surface area contributed by atoms with Gasteiger partial charge in [0.2, 0.25) is 0 Å². The molecule has 206 valence electrons. The van der Waals surface area contributed by atoms with Crippen LogP contribution in [0.3, 0.4) is 0 Å². The highest BCUT2D eigenvalue weighted by atomic mass is 19.4. The zero-order valence-electron chi connectivity index (χ0n) is 14.4. The third-order valence-corrected chi connectivity index (χ3v) is 2.87. The van der Waals surface area contributed by atoms with Gasteiger partial charge in [-0.2, -0.15) is 83.4 Å². The lowest BCUT2D eigenvalue weighted by Crippen LogP contribution is -2.67. The summed E-state index contributed by atoms with van der Waals surface area (Å²) in [6.45, 7) is -3.62. The van der Waals surface area contributed by atoms with Crippen molar-refractivity contribution in [2.45, 2.75) is 54.7 Å². The van der Waals surface area contributed by atoms with Gasteiger partial charge in [0.15, 0.2) is 0 Å². The van der Waals surface area contributed by atoms with Crippen LogP contribution in [0, 0.1) is 0 Å². The summed E-state index contributed by atoms with van der Waals surface area (Å²) in [4.78, 5) is 0.988. The summed E-state index contributed by atoms with van der Waals surface area (Å²) in [7, 11) is 0. The number of rotatable bonds is 10. The van der Waals surface area contributed by atoms with Gasteiger partial charge in [0, 0.05) is 0 Å². The van der Waals surface area contributed by atoms with E-state index in [1.54, 1.807) is 0 Å². The van der Waals surface area contributed by atoms with Crippen molar-refractivity contribution < 1.29 is 107 Å². The molecule has 2 unspecified atom stereocenters. The van der Waals surface area contributed by atoms with Crippen molar-refractivity contribution in [1.82, 2.24) is 0 Å². The quantitative estimate of drug-likeness (QED) is 0.290. The summed E-state index contributed by atoms with van der Waals surface area (Å²) in [6, 6.07) is 0. The number of ether oxygens (including phenoxy) is 3. The number of hydrogen-bond donors (Lipinski definition) is 0. The van der Waals surface area contributed by atoms with E-state index in [2.05, 4.69) is 0 Å². The lowest BCUT2D eigenvalue weighted by Gasteiger charge is -2.39. The molecule has 0 aliphatic rings. The molecule has 24 heteroatoms. The summed E-state index contributed by atoms with van der Waals surface area (Å²) in [5.74, 6) is -15.6. The van der Waals surface area contributed by atoms with Gasteiger partial charge in [0.1, 0.15) is 6.61 Å².